The number of aliphatic imine (C=N–C) groups is 1. The summed E-state index contributed by atoms with van der Waals surface area (Å²) in [7, 11) is 1.60. The fraction of sp³-hybridized carbons (Fsp3) is 0.412. The number of aryl methyl sites for hydroxylation is 1. The van der Waals surface area contributed by atoms with E-state index in [1.54, 1.807) is 7.11 Å². The van der Waals surface area contributed by atoms with Crippen LogP contribution in [0.3, 0.4) is 0 Å². The van der Waals surface area contributed by atoms with Gasteiger partial charge in [0.2, 0.25) is 0 Å². The van der Waals surface area contributed by atoms with Gasteiger partial charge in [0.05, 0.1) is 20.2 Å². The molecule has 0 spiro atoms. The van der Waals surface area contributed by atoms with Crippen molar-refractivity contribution < 1.29 is 17.9 Å². The first-order valence-corrected chi connectivity index (χ1v) is 8.88. The van der Waals surface area contributed by atoms with E-state index in [4.69, 9.17) is 4.74 Å². The van der Waals surface area contributed by atoms with Crippen molar-refractivity contribution in [1.82, 2.24) is 15.6 Å². The number of ether oxygens (including phenoxy) is 1. The topological polar surface area (TPSA) is 58.5 Å². The molecule has 0 aliphatic heterocycles. The summed E-state index contributed by atoms with van der Waals surface area (Å²) in [5, 5.41) is 7.42. The van der Waals surface area contributed by atoms with Crippen molar-refractivity contribution in [2.75, 3.05) is 13.7 Å². The summed E-state index contributed by atoms with van der Waals surface area (Å²) in [5.74, 6) is 1.25. The minimum absolute atomic E-state index is 0. The summed E-state index contributed by atoms with van der Waals surface area (Å²) in [6.07, 6.45) is -4.42. The molecule has 2 N–H and O–H groups in total. The Morgan fingerprint density at radius 2 is 2.04 bits per heavy atom. The quantitative estimate of drug-likeness (QED) is 0.342. The molecule has 0 fully saturated rings. The normalized spacial score (nSPS) is 11.7. The molecule has 10 heteroatoms. The first-order valence-electron chi connectivity index (χ1n) is 8.00. The third-order valence-corrected chi connectivity index (χ3v) is 4.29. The van der Waals surface area contributed by atoms with Crippen LogP contribution in [0.15, 0.2) is 28.6 Å². The van der Waals surface area contributed by atoms with Crippen LogP contribution in [0.1, 0.15) is 28.8 Å². The number of nitrogens with zero attached hydrogens (tertiary/aromatic N) is 2. The van der Waals surface area contributed by atoms with Gasteiger partial charge in [-0.05, 0) is 25.5 Å². The Labute approximate surface area is 177 Å². The smallest absolute Gasteiger partial charge is 0.434 e. The van der Waals surface area contributed by atoms with Gasteiger partial charge in [-0.15, -0.1) is 35.3 Å². The molecule has 2 rings (SSSR count). The molecule has 0 amide bonds. The molecule has 27 heavy (non-hydrogen) atoms. The van der Waals surface area contributed by atoms with E-state index in [1.807, 2.05) is 32.0 Å². The average molecular weight is 514 g/mol. The first-order chi connectivity index (χ1) is 12.3. The fourth-order valence-corrected chi connectivity index (χ4v) is 2.91. The number of methoxy groups -OCH3 is 1. The number of nitrogens with one attached hydrogen (secondary N) is 2. The maximum atomic E-state index is 12.6. The number of aromatic nitrogens is 1. The van der Waals surface area contributed by atoms with E-state index < -0.39 is 11.9 Å². The molecule has 1 aromatic heterocycles. The van der Waals surface area contributed by atoms with Crippen LogP contribution >= 0.6 is 35.3 Å². The predicted octanol–water partition coefficient (Wildman–Crippen LogP) is 4.35. The Morgan fingerprint density at radius 3 is 2.63 bits per heavy atom. The molecule has 2 aromatic rings. The van der Waals surface area contributed by atoms with Gasteiger partial charge >= 0.3 is 6.18 Å². The van der Waals surface area contributed by atoms with Gasteiger partial charge in [-0.2, -0.15) is 13.2 Å². The molecule has 0 aliphatic rings. The lowest BCUT2D eigenvalue weighted by Crippen LogP contribution is -2.36. The summed E-state index contributed by atoms with van der Waals surface area (Å²) in [5.41, 5.74) is 1.14. The number of benzene rings is 1. The summed E-state index contributed by atoms with van der Waals surface area (Å²) >= 11 is 0.962. The van der Waals surface area contributed by atoms with Gasteiger partial charge in [0, 0.05) is 17.5 Å². The number of halogens is 4. The first kappa shape index (κ1) is 23.5. The van der Waals surface area contributed by atoms with E-state index in [-0.39, 0.29) is 30.5 Å². The van der Waals surface area contributed by atoms with Crippen molar-refractivity contribution >= 4 is 41.3 Å². The van der Waals surface area contributed by atoms with Gasteiger partial charge < -0.3 is 15.4 Å². The molecule has 0 saturated heterocycles. The molecule has 1 heterocycles. The van der Waals surface area contributed by atoms with E-state index in [0.29, 0.717) is 24.1 Å². The van der Waals surface area contributed by atoms with Crippen LogP contribution in [-0.4, -0.2) is 24.6 Å². The second-order valence-electron chi connectivity index (χ2n) is 5.49. The molecule has 0 aliphatic carbocycles. The van der Waals surface area contributed by atoms with E-state index in [9.17, 15) is 13.2 Å². The maximum Gasteiger partial charge on any atom is 0.434 e. The van der Waals surface area contributed by atoms with Crippen LogP contribution in [0, 0.1) is 6.92 Å². The number of thiazole rings is 1. The molecule has 1 aromatic carbocycles. The standard InChI is InChI=1S/C17H21F3N4OS.HI/c1-4-21-16(22-8-12-6-5-11(2)7-13(12)25-3)23-9-15-24-14(10-26-15)17(18,19)20;/h5-7,10H,4,8-9H2,1-3H3,(H2,21,22,23);1H. The van der Waals surface area contributed by atoms with Gasteiger partial charge in [0.1, 0.15) is 10.8 Å². The lowest BCUT2D eigenvalue weighted by Gasteiger charge is -2.11. The van der Waals surface area contributed by atoms with Crippen molar-refractivity contribution in [3.8, 4) is 5.75 Å². The number of alkyl halides is 3. The van der Waals surface area contributed by atoms with Crippen LogP contribution in [0.4, 0.5) is 13.2 Å². The summed E-state index contributed by atoms with van der Waals surface area (Å²) in [6, 6.07) is 5.85. The summed E-state index contributed by atoms with van der Waals surface area (Å²) < 4.78 is 43.2. The van der Waals surface area contributed by atoms with Crippen molar-refractivity contribution in [2.45, 2.75) is 33.1 Å². The van der Waals surface area contributed by atoms with Crippen molar-refractivity contribution in [1.29, 1.82) is 0 Å². The van der Waals surface area contributed by atoms with Crippen LogP contribution in [0.5, 0.6) is 5.75 Å². The SMILES string of the molecule is CCNC(=NCc1ccc(C)cc1OC)NCc1nc(C(F)(F)F)cs1.I. The van der Waals surface area contributed by atoms with Crippen LogP contribution in [0.25, 0.3) is 0 Å². The average Bonchev–Trinajstić information content (AvgIpc) is 3.07. The Hall–Kier alpha value is -1.56. The van der Waals surface area contributed by atoms with Crippen molar-refractivity contribution in [3.63, 3.8) is 0 Å². The number of hydrogen-bond donors (Lipinski definition) is 2. The van der Waals surface area contributed by atoms with E-state index in [2.05, 4.69) is 20.6 Å². The zero-order chi connectivity index (χ0) is 19.2. The van der Waals surface area contributed by atoms with E-state index >= 15 is 0 Å². The lowest BCUT2D eigenvalue weighted by atomic mass is 10.1. The van der Waals surface area contributed by atoms with E-state index in [0.717, 1.165) is 33.6 Å². The molecule has 0 radical (unpaired) electrons. The second kappa shape index (κ2) is 10.7. The molecule has 150 valence electrons. The summed E-state index contributed by atoms with van der Waals surface area (Å²) in [4.78, 5) is 8.06. The highest BCUT2D eigenvalue weighted by Gasteiger charge is 2.33. The molecule has 0 bridgehead atoms. The number of rotatable bonds is 6. The Bertz CT molecular complexity index is 765. The van der Waals surface area contributed by atoms with Gasteiger partial charge in [0.25, 0.3) is 0 Å². The summed E-state index contributed by atoms with van der Waals surface area (Å²) in [6.45, 7) is 5.06. The Morgan fingerprint density at radius 1 is 1.30 bits per heavy atom. The molecule has 0 saturated carbocycles. The molecular weight excluding hydrogens is 492 g/mol. The van der Waals surface area contributed by atoms with Crippen LogP contribution < -0.4 is 15.4 Å². The molecule has 0 atom stereocenters. The number of guanidine groups is 1. The monoisotopic (exact) mass is 514 g/mol. The van der Waals surface area contributed by atoms with Crippen LogP contribution in [-0.2, 0) is 19.3 Å². The zero-order valence-corrected chi connectivity index (χ0v) is 18.3. The van der Waals surface area contributed by atoms with Gasteiger partial charge in [-0.3, -0.25) is 0 Å². The lowest BCUT2D eigenvalue weighted by molar-refractivity contribution is -0.140. The maximum absolute atomic E-state index is 12.6. The largest absolute Gasteiger partial charge is 0.496 e. The minimum atomic E-state index is -4.42. The Balaban J connectivity index is 0.00000364. The van der Waals surface area contributed by atoms with Crippen LogP contribution in [0.2, 0.25) is 0 Å². The Kier molecular flexibility index (Phi) is 9.30. The van der Waals surface area contributed by atoms with E-state index in [1.165, 1.54) is 0 Å². The third kappa shape index (κ3) is 7.17. The third-order valence-electron chi connectivity index (χ3n) is 3.44. The van der Waals surface area contributed by atoms with Crippen molar-refractivity contribution in [2.24, 2.45) is 4.99 Å². The van der Waals surface area contributed by atoms with Gasteiger partial charge in [-0.1, -0.05) is 12.1 Å². The minimum Gasteiger partial charge on any atom is -0.496 e. The van der Waals surface area contributed by atoms with Gasteiger partial charge in [-0.25, -0.2) is 9.98 Å². The molecule has 0 unspecified atom stereocenters. The highest BCUT2D eigenvalue weighted by molar-refractivity contribution is 14.0. The fourth-order valence-electron chi connectivity index (χ4n) is 2.17. The predicted molar refractivity (Wildman–Crippen MR) is 112 cm³/mol. The molecule has 5 nitrogen and oxygen atoms in total. The van der Waals surface area contributed by atoms with Crippen molar-refractivity contribution in [3.05, 3.63) is 45.4 Å². The van der Waals surface area contributed by atoms with Gasteiger partial charge in [0.15, 0.2) is 11.7 Å². The number of hydrogen-bond acceptors (Lipinski definition) is 4. The highest BCUT2D eigenvalue weighted by atomic mass is 127. The zero-order valence-electron chi connectivity index (χ0n) is 15.2. The second-order valence-corrected chi connectivity index (χ2v) is 6.43. The highest BCUT2D eigenvalue weighted by Crippen LogP contribution is 2.29. The molecular formula is C17H22F3IN4OS.